The van der Waals surface area contributed by atoms with Crippen LogP contribution in [0.3, 0.4) is 0 Å². The van der Waals surface area contributed by atoms with E-state index in [4.69, 9.17) is 0 Å². The first-order valence-corrected chi connectivity index (χ1v) is 17.6. The molecule has 0 bridgehead atoms. The monoisotopic (exact) mass is 809 g/mol. The number of ketones is 3. The Hall–Kier alpha value is -5.45. The van der Waals surface area contributed by atoms with E-state index < -0.39 is 62.4 Å². The van der Waals surface area contributed by atoms with Crippen LogP contribution in [0.15, 0.2) is 103 Å². The maximum atomic E-state index is 11.3. The van der Waals surface area contributed by atoms with Crippen molar-refractivity contribution >= 4 is 83.1 Å². The number of carbonyl (C=O) groups is 3. The number of fused-ring (bicyclic) bond motifs is 3. The van der Waals surface area contributed by atoms with E-state index in [1.165, 1.54) is 36.4 Å². The zero-order valence-electron chi connectivity index (χ0n) is 25.2. The number of hydrogen-bond acceptors (Lipinski definition) is 18. The first-order valence-electron chi connectivity index (χ1n) is 13.4. The molecule has 22 heteroatoms. The average molecular weight is 810 g/mol. The van der Waals surface area contributed by atoms with Crippen LogP contribution in [0.2, 0.25) is 0 Å². The molecule has 0 saturated carbocycles. The summed E-state index contributed by atoms with van der Waals surface area (Å²) in [7, 11) is -13.7. The minimum absolute atomic E-state index is 0. The van der Waals surface area contributed by atoms with E-state index in [0.717, 1.165) is 54.6 Å². The van der Waals surface area contributed by atoms with Crippen molar-refractivity contribution in [3.8, 4) is 0 Å². The summed E-state index contributed by atoms with van der Waals surface area (Å²) in [5.74, 6) is -1.65. The van der Waals surface area contributed by atoms with Crippen LogP contribution < -0.4 is 0 Å². The van der Waals surface area contributed by atoms with Gasteiger partial charge < -0.3 is 44.7 Å². The van der Waals surface area contributed by atoms with Gasteiger partial charge in [0.25, 0.3) is 0 Å². The van der Waals surface area contributed by atoms with Crippen LogP contribution in [0.5, 0.6) is 0 Å². The minimum atomic E-state index is -4.56. The maximum absolute atomic E-state index is 11.3. The summed E-state index contributed by atoms with van der Waals surface area (Å²) in [5, 5.41) is 39.3. The average Bonchev–Trinajstić information content (AvgIpc) is 3.07. The van der Waals surface area contributed by atoms with Gasteiger partial charge in [-0.25, -0.2) is 25.3 Å². The summed E-state index contributed by atoms with van der Waals surface area (Å²) < 4.78 is 97.2. The van der Waals surface area contributed by atoms with Crippen molar-refractivity contribution in [1.82, 2.24) is 0 Å². The quantitative estimate of drug-likeness (QED) is 0.205. The van der Waals surface area contributed by atoms with Gasteiger partial charge in [0.2, 0.25) is 17.3 Å². The van der Waals surface area contributed by atoms with E-state index >= 15 is 0 Å². The van der Waals surface area contributed by atoms with E-state index in [-0.39, 0.29) is 50.9 Å². The molecule has 1 radical (unpaired) electrons. The normalized spacial score (nSPS) is 16.9. The van der Waals surface area contributed by atoms with Crippen molar-refractivity contribution in [3.05, 3.63) is 122 Å². The Balaban J connectivity index is 0.000000208. The van der Waals surface area contributed by atoms with Crippen molar-refractivity contribution < 1.29 is 70.4 Å². The topological polar surface area (TPSA) is 329 Å². The first-order chi connectivity index (χ1) is 23.8. The summed E-state index contributed by atoms with van der Waals surface area (Å²) >= 11 is 0. The van der Waals surface area contributed by atoms with Gasteiger partial charge in [-0.1, -0.05) is 36.4 Å². The summed E-state index contributed by atoms with van der Waals surface area (Å²) in [6.07, 6.45) is 7.30. The van der Waals surface area contributed by atoms with Crippen molar-refractivity contribution in [2.24, 2.45) is 15.5 Å². The molecule has 0 aromatic heterocycles. The second kappa shape index (κ2) is 15.8. The molecule has 0 N–H and O–H groups in total. The fourth-order valence-corrected chi connectivity index (χ4v) is 6.08. The number of carbonyl (C=O) groups excluding carboxylic acids is 3. The summed E-state index contributed by atoms with van der Waals surface area (Å²) in [6.45, 7) is 0. The fraction of sp³-hybridized carbons (Fsp3) is 0. The number of nitrogens with zero attached hydrogens (tertiary/aromatic N) is 3. The molecule has 0 aliphatic heterocycles. The van der Waals surface area contributed by atoms with Crippen LogP contribution in [0, 0.1) is 15.6 Å². The smallest absolute Gasteiger partial charge is 0.791 e. The Morgan fingerprint density at radius 3 is 0.827 bits per heavy atom. The van der Waals surface area contributed by atoms with Gasteiger partial charge in [0.05, 0.1) is 14.7 Å². The third kappa shape index (κ3) is 9.06. The molecule has 0 amide bonds. The van der Waals surface area contributed by atoms with Gasteiger partial charge in [-0.3, -0.25) is 14.4 Å². The minimum Gasteiger partial charge on any atom is -0.791 e. The van der Waals surface area contributed by atoms with Gasteiger partial charge >= 0.3 is 17.1 Å². The Morgan fingerprint density at radius 1 is 0.404 bits per heavy atom. The SMILES string of the molecule is O=C1C=Cc2cc(S(=O)(=O)[O-])ccc2C1=N[O-].O=C1C=Cc2cc(S(=O)(=O)[O-])ccc2C1=N[O-].O=C1C=Cc2cc(S(=O)(=O)[O-])ccc2C1=N[O-].[Fe+3]. The molecule has 3 aliphatic rings. The Morgan fingerprint density at radius 2 is 0.635 bits per heavy atom. The van der Waals surface area contributed by atoms with E-state index in [1.54, 1.807) is 0 Å². The van der Waals surface area contributed by atoms with Crippen molar-refractivity contribution in [1.29, 1.82) is 0 Å². The fourth-order valence-electron chi connectivity index (χ4n) is 4.56. The molecule has 3 aromatic rings. The van der Waals surface area contributed by atoms with Crippen LogP contribution in [-0.4, -0.2) is 73.4 Å². The molecule has 6 rings (SSSR count). The molecule has 3 aliphatic carbocycles. The zero-order chi connectivity index (χ0) is 37.9. The predicted octanol–water partition coefficient (Wildman–Crippen LogP) is 1.42. The zero-order valence-corrected chi connectivity index (χ0v) is 28.8. The first kappa shape index (κ1) is 41.0. The molecule has 0 atom stereocenters. The maximum Gasteiger partial charge on any atom is 3.00 e. The van der Waals surface area contributed by atoms with Crippen LogP contribution in [0.25, 0.3) is 18.2 Å². The van der Waals surface area contributed by atoms with E-state index in [1.807, 2.05) is 0 Å². The van der Waals surface area contributed by atoms with Gasteiger partial charge in [0.1, 0.15) is 47.5 Å². The largest absolute Gasteiger partial charge is 3.00 e. The van der Waals surface area contributed by atoms with Gasteiger partial charge in [0.15, 0.2) is 0 Å². The van der Waals surface area contributed by atoms with E-state index in [2.05, 4.69) is 15.5 Å². The van der Waals surface area contributed by atoms with E-state index in [0.29, 0.717) is 16.7 Å². The molecule has 0 heterocycles. The Labute approximate surface area is 304 Å². The standard InChI is InChI=1S/3C10H7NO5S.Fe/c3*12-9-4-1-6-5-7(17(14,15)16)2-3-8(6)10(9)11-13;/h3*1-5,13H,(H,14,15,16);/q;;;+3/p-6. The number of benzene rings is 3. The molecular formula is C30H15FeN3O15S3-3. The van der Waals surface area contributed by atoms with Crippen molar-refractivity contribution in [3.63, 3.8) is 0 Å². The van der Waals surface area contributed by atoms with Gasteiger partial charge in [0, 0.05) is 16.7 Å². The van der Waals surface area contributed by atoms with Crippen molar-refractivity contribution in [2.45, 2.75) is 14.7 Å². The number of allylic oxidation sites excluding steroid dienone is 3. The summed E-state index contributed by atoms with van der Waals surface area (Å²) in [6, 6.07) is 10.1. The van der Waals surface area contributed by atoms with Crippen LogP contribution in [0.4, 0.5) is 0 Å². The summed E-state index contributed by atoms with van der Waals surface area (Å²) in [4.78, 5) is 32.6. The van der Waals surface area contributed by atoms with Crippen LogP contribution in [-0.2, 0) is 61.8 Å². The number of rotatable bonds is 3. The molecular weight excluding hydrogens is 794 g/mol. The second-order valence-corrected chi connectivity index (χ2v) is 14.2. The van der Waals surface area contributed by atoms with Gasteiger partial charge in [-0.2, -0.15) is 0 Å². The van der Waals surface area contributed by atoms with Gasteiger partial charge in [-0.15, -0.1) is 0 Å². The second-order valence-electron chi connectivity index (χ2n) is 10.0. The molecule has 0 saturated heterocycles. The predicted molar refractivity (Wildman–Crippen MR) is 175 cm³/mol. The van der Waals surface area contributed by atoms with Crippen LogP contribution in [0.1, 0.15) is 33.4 Å². The molecule has 18 nitrogen and oxygen atoms in total. The number of hydrogen-bond donors (Lipinski definition) is 0. The van der Waals surface area contributed by atoms with E-state index in [9.17, 15) is 68.9 Å². The Bertz CT molecular complexity index is 2260. The Kier molecular flexibility index (Phi) is 12.5. The molecule has 52 heavy (non-hydrogen) atoms. The third-order valence-electron chi connectivity index (χ3n) is 6.92. The molecule has 0 unspecified atom stereocenters. The molecule has 269 valence electrons. The molecule has 0 spiro atoms. The van der Waals surface area contributed by atoms with Gasteiger partial charge in [-0.05, 0) is 71.3 Å². The van der Waals surface area contributed by atoms with Crippen molar-refractivity contribution in [2.75, 3.05) is 0 Å². The third-order valence-corrected chi connectivity index (χ3v) is 9.41. The van der Waals surface area contributed by atoms with Crippen LogP contribution >= 0.6 is 0 Å². The summed E-state index contributed by atoms with van der Waals surface area (Å²) in [5.41, 5.74) is 0.690. The molecule has 3 aromatic carbocycles. The molecule has 0 fully saturated rings.